The van der Waals surface area contributed by atoms with Crippen molar-refractivity contribution in [2.45, 2.75) is 26.7 Å². The maximum atomic E-state index is 3.37. The predicted molar refractivity (Wildman–Crippen MR) is 40.4 cm³/mol. The van der Waals surface area contributed by atoms with Crippen LogP contribution in [0.15, 0.2) is 0 Å². The Balaban J connectivity index is 1.91. The van der Waals surface area contributed by atoms with E-state index in [-0.39, 0.29) is 0 Å². The zero-order valence-corrected chi connectivity index (χ0v) is 6.48. The van der Waals surface area contributed by atoms with E-state index in [1.54, 1.807) is 0 Å². The van der Waals surface area contributed by atoms with Crippen LogP contribution in [-0.2, 0) is 0 Å². The minimum atomic E-state index is 1.000. The molecule has 1 heteroatoms. The molecule has 0 radical (unpaired) electrons. The van der Waals surface area contributed by atoms with E-state index in [1.165, 1.54) is 19.4 Å². The van der Waals surface area contributed by atoms with Gasteiger partial charge in [0.25, 0.3) is 0 Å². The van der Waals surface area contributed by atoms with Gasteiger partial charge in [0.15, 0.2) is 0 Å². The lowest BCUT2D eigenvalue weighted by molar-refractivity contribution is 0.207. The predicted octanol–water partition coefficient (Wildman–Crippen LogP) is 1.64. The molecule has 0 aromatic heterocycles. The monoisotopic (exact) mass is 127 g/mol. The van der Waals surface area contributed by atoms with Gasteiger partial charge in [-0.25, -0.2) is 0 Å². The van der Waals surface area contributed by atoms with Crippen molar-refractivity contribution in [3.05, 3.63) is 0 Å². The first-order chi connectivity index (χ1) is 4.33. The van der Waals surface area contributed by atoms with E-state index in [9.17, 15) is 0 Å². The van der Waals surface area contributed by atoms with Gasteiger partial charge >= 0.3 is 0 Å². The van der Waals surface area contributed by atoms with Gasteiger partial charge in [0.2, 0.25) is 0 Å². The van der Waals surface area contributed by atoms with Gasteiger partial charge in [-0.3, -0.25) is 0 Å². The first-order valence-corrected chi connectivity index (χ1v) is 4.03. The Bertz CT molecular complexity index is 74.6. The van der Waals surface area contributed by atoms with Crippen molar-refractivity contribution in [1.82, 2.24) is 5.32 Å². The lowest BCUT2D eigenvalue weighted by Gasteiger charge is -2.32. The van der Waals surface area contributed by atoms with Gasteiger partial charge in [0.1, 0.15) is 0 Å². The van der Waals surface area contributed by atoms with Gasteiger partial charge in [-0.05, 0) is 37.8 Å². The van der Waals surface area contributed by atoms with Gasteiger partial charge in [-0.2, -0.15) is 0 Å². The Kier molecular flexibility index (Phi) is 2.52. The summed E-state index contributed by atoms with van der Waals surface area (Å²) in [5.41, 5.74) is 0. The molecule has 1 saturated carbocycles. The average Bonchev–Trinajstić information content (AvgIpc) is 1.78. The quantitative estimate of drug-likeness (QED) is 0.607. The minimum absolute atomic E-state index is 1.000. The second kappa shape index (κ2) is 3.21. The topological polar surface area (TPSA) is 12.0 Å². The minimum Gasteiger partial charge on any atom is -0.317 e. The summed E-state index contributed by atoms with van der Waals surface area (Å²) in [4.78, 5) is 0. The van der Waals surface area contributed by atoms with Crippen LogP contribution in [0.4, 0.5) is 0 Å². The average molecular weight is 127 g/mol. The van der Waals surface area contributed by atoms with Gasteiger partial charge in [0, 0.05) is 0 Å². The third-order valence-corrected chi connectivity index (χ3v) is 2.15. The fraction of sp³-hybridized carbons (Fsp3) is 1.00. The number of hydrogen-bond acceptors (Lipinski definition) is 1. The highest BCUT2D eigenvalue weighted by molar-refractivity contribution is 4.77. The van der Waals surface area contributed by atoms with E-state index in [2.05, 4.69) is 19.2 Å². The Morgan fingerprint density at radius 3 is 2.56 bits per heavy atom. The van der Waals surface area contributed by atoms with Crippen LogP contribution in [0.25, 0.3) is 0 Å². The summed E-state index contributed by atoms with van der Waals surface area (Å²) < 4.78 is 0. The molecule has 0 bridgehead atoms. The number of nitrogens with one attached hydrogen (secondary N) is 1. The van der Waals surface area contributed by atoms with E-state index in [0.717, 1.165) is 18.4 Å². The molecule has 0 atom stereocenters. The Labute approximate surface area is 57.8 Å². The molecule has 0 aliphatic heterocycles. The highest BCUT2D eigenvalue weighted by atomic mass is 14.8. The van der Waals surface area contributed by atoms with Gasteiger partial charge in [-0.15, -0.1) is 0 Å². The van der Waals surface area contributed by atoms with Crippen molar-refractivity contribution < 1.29 is 0 Å². The molecule has 1 fully saturated rings. The van der Waals surface area contributed by atoms with E-state index in [4.69, 9.17) is 0 Å². The number of hydrogen-bond donors (Lipinski definition) is 1. The van der Waals surface area contributed by atoms with Crippen LogP contribution in [-0.4, -0.2) is 13.1 Å². The van der Waals surface area contributed by atoms with Gasteiger partial charge < -0.3 is 5.32 Å². The maximum Gasteiger partial charge on any atom is -0.00204 e. The van der Waals surface area contributed by atoms with E-state index < -0.39 is 0 Å². The zero-order chi connectivity index (χ0) is 6.69. The summed E-state index contributed by atoms with van der Waals surface area (Å²) in [5.74, 6) is 2.01. The molecule has 54 valence electrons. The summed E-state index contributed by atoms with van der Waals surface area (Å²) in [6.07, 6.45) is 2.90. The molecule has 9 heavy (non-hydrogen) atoms. The molecule has 0 unspecified atom stereocenters. The van der Waals surface area contributed by atoms with Crippen LogP contribution in [0.3, 0.4) is 0 Å². The number of rotatable bonds is 3. The smallest absolute Gasteiger partial charge is 0.00204 e. The van der Waals surface area contributed by atoms with Gasteiger partial charge in [-0.1, -0.05) is 13.8 Å². The first kappa shape index (κ1) is 7.07. The molecular formula is C8H17N. The molecule has 0 heterocycles. The van der Waals surface area contributed by atoms with Crippen LogP contribution in [0.2, 0.25) is 0 Å². The SMILES string of the molecule is CCNCC1CC(C)C1. The summed E-state index contributed by atoms with van der Waals surface area (Å²) in [6, 6.07) is 0. The van der Waals surface area contributed by atoms with Crippen molar-refractivity contribution in [1.29, 1.82) is 0 Å². The molecule has 1 rings (SSSR count). The highest BCUT2D eigenvalue weighted by Crippen LogP contribution is 2.31. The summed E-state index contributed by atoms with van der Waals surface area (Å²) >= 11 is 0. The van der Waals surface area contributed by atoms with E-state index in [1.807, 2.05) is 0 Å². The van der Waals surface area contributed by atoms with E-state index >= 15 is 0 Å². The second-order valence-electron chi connectivity index (χ2n) is 3.25. The molecule has 0 aromatic rings. The third-order valence-electron chi connectivity index (χ3n) is 2.15. The molecule has 1 nitrogen and oxygen atoms in total. The molecule has 0 spiro atoms. The normalized spacial score (nSPS) is 34.0. The van der Waals surface area contributed by atoms with Crippen LogP contribution >= 0.6 is 0 Å². The van der Waals surface area contributed by atoms with Crippen molar-refractivity contribution in [3.63, 3.8) is 0 Å². The molecule has 1 aliphatic rings. The standard InChI is InChI=1S/C8H17N/c1-3-9-6-8-4-7(2)5-8/h7-9H,3-6H2,1-2H3. The summed E-state index contributed by atoms with van der Waals surface area (Å²) in [5, 5.41) is 3.37. The molecular weight excluding hydrogens is 110 g/mol. The second-order valence-corrected chi connectivity index (χ2v) is 3.25. The van der Waals surface area contributed by atoms with Crippen LogP contribution in [0.5, 0.6) is 0 Å². The van der Waals surface area contributed by atoms with Crippen LogP contribution in [0.1, 0.15) is 26.7 Å². The molecule has 1 aliphatic carbocycles. The fourth-order valence-electron chi connectivity index (χ4n) is 1.58. The van der Waals surface area contributed by atoms with Crippen molar-refractivity contribution in [2.24, 2.45) is 11.8 Å². The van der Waals surface area contributed by atoms with E-state index in [0.29, 0.717) is 0 Å². The summed E-state index contributed by atoms with van der Waals surface area (Å²) in [7, 11) is 0. The van der Waals surface area contributed by atoms with Crippen molar-refractivity contribution in [3.8, 4) is 0 Å². The lowest BCUT2D eigenvalue weighted by atomic mass is 9.76. The van der Waals surface area contributed by atoms with Crippen molar-refractivity contribution in [2.75, 3.05) is 13.1 Å². The Morgan fingerprint density at radius 2 is 2.11 bits per heavy atom. The molecule has 0 saturated heterocycles. The van der Waals surface area contributed by atoms with Crippen LogP contribution < -0.4 is 5.32 Å². The molecule has 0 amide bonds. The van der Waals surface area contributed by atoms with Gasteiger partial charge in [0.05, 0.1) is 0 Å². The Morgan fingerprint density at radius 1 is 1.44 bits per heavy atom. The maximum absolute atomic E-state index is 3.37. The lowest BCUT2D eigenvalue weighted by Crippen LogP contribution is -2.31. The fourth-order valence-corrected chi connectivity index (χ4v) is 1.58. The van der Waals surface area contributed by atoms with Crippen LogP contribution in [0, 0.1) is 11.8 Å². The molecule has 1 N–H and O–H groups in total. The highest BCUT2D eigenvalue weighted by Gasteiger charge is 2.23. The Hall–Kier alpha value is -0.0400. The summed E-state index contributed by atoms with van der Waals surface area (Å²) in [6.45, 7) is 6.89. The first-order valence-electron chi connectivity index (χ1n) is 4.03. The zero-order valence-electron chi connectivity index (χ0n) is 6.48. The third kappa shape index (κ3) is 1.98. The van der Waals surface area contributed by atoms with Crippen molar-refractivity contribution >= 4 is 0 Å². The largest absolute Gasteiger partial charge is 0.317 e. The molecule has 0 aromatic carbocycles.